The molecule has 8 heteroatoms. The monoisotopic (exact) mass is 376 g/mol. The van der Waals surface area contributed by atoms with E-state index in [1.54, 1.807) is 22.8 Å². The summed E-state index contributed by atoms with van der Waals surface area (Å²) < 4.78 is 1.69. The van der Waals surface area contributed by atoms with Crippen molar-refractivity contribution in [1.82, 2.24) is 19.5 Å². The van der Waals surface area contributed by atoms with Crippen LogP contribution in [0.2, 0.25) is 0 Å². The fraction of sp³-hybridized carbons (Fsp3) is 0.350. The van der Waals surface area contributed by atoms with Gasteiger partial charge in [-0.1, -0.05) is 0 Å². The summed E-state index contributed by atoms with van der Waals surface area (Å²) in [5.41, 5.74) is 8.28. The van der Waals surface area contributed by atoms with Crippen LogP contribution in [-0.4, -0.2) is 30.7 Å². The van der Waals surface area contributed by atoms with Gasteiger partial charge in [0.2, 0.25) is 5.95 Å². The van der Waals surface area contributed by atoms with Crippen molar-refractivity contribution in [1.29, 1.82) is 5.26 Å². The molecule has 0 radical (unpaired) electrons. The second kappa shape index (κ2) is 7.02. The standard InChI is InChI=1S/C20H20N6O2/c1-11-16-8-17(12-2-3-13(9-21)23-10-12)19(28)26(18(16)25-20(22)24-11)14-4-6-15(27)7-5-14/h2-3,8,10,14-15,27H,4-7H2,1H3,(H2,22,24,25). The molecule has 3 aromatic heterocycles. The fourth-order valence-corrected chi connectivity index (χ4v) is 3.85. The predicted octanol–water partition coefficient (Wildman–Crippen LogP) is 2.09. The number of aliphatic hydroxyl groups is 1. The Balaban J connectivity index is 1.98. The average molecular weight is 376 g/mol. The topological polar surface area (TPSA) is 131 Å². The maximum Gasteiger partial charge on any atom is 0.260 e. The van der Waals surface area contributed by atoms with Crippen molar-refractivity contribution in [2.75, 3.05) is 5.73 Å². The maximum atomic E-state index is 13.4. The Bertz CT molecular complexity index is 1140. The molecule has 0 saturated heterocycles. The van der Waals surface area contributed by atoms with Crippen molar-refractivity contribution < 1.29 is 5.11 Å². The van der Waals surface area contributed by atoms with Crippen LogP contribution in [0, 0.1) is 18.3 Å². The first-order valence-corrected chi connectivity index (χ1v) is 9.22. The van der Waals surface area contributed by atoms with Gasteiger partial charge in [-0.25, -0.2) is 9.97 Å². The van der Waals surface area contributed by atoms with Crippen LogP contribution in [-0.2, 0) is 0 Å². The molecule has 1 aliphatic carbocycles. The molecule has 4 rings (SSSR count). The number of nitrogens with two attached hydrogens (primary N) is 1. The van der Waals surface area contributed by atoms with Gasteiger partial charge in [0, 0.05) is 28.8 Å². The van der Waals surface area contributed by atoms with Crippen molar-refractivity contribution in [3.05, 3.63) is 46.1 Å². The number of aromatic nitrogens is 4. The maximum absolute atomic E-state index is 13.4. The zero-order chi connectivity index (χ0) is 19.8. The summed E-state index contributed by atoms with van der Waals surface area (Å²) in [5, 5.41) is 19.6. The van der Waals surface area contributed by atoms with Gasteiger partial charge in [0.15, 0.2) is 0 Å². The highest BCUT2D eigenvalue weighted by atomic mass is 16.3. The van der Waals surface area contributed by atoms with Gasteiger partial charge in [-0.15, -0.1) is 0 Å². The van der Waals surface area contributed by atoms with Crippen LogP contribution in [0.25, 0.3) is 22.2 Å². The summed E-state index contributed by atoms with van der Waals surface area (Å²) in [4.78, 5) is 26.1. The first-order valence-electron chi connectivity index (χ1n) is 9.22. The number of aliphatic hydroxyl groups excluding tert-OH is 1. The Morgan fingerprint density at radius 3 is 2.64 bits per heavy atom. The van der Waals surface area contributed by atoms with Crippen LogP contribution < -0.4 is 11.3 Å². The molecule has 142 valence electrons. The van der Waals surface area contributed by atoms with E-state index in [0.29, 0.717) is 53.8 Å². The quantitative estimate of drug-likeness (QED) is 0.700. The van der Waals surface area contributed by atoms with Crippen LogP contribution >= 0.6 is 0 Å². The summed E-state index contributed by atoms with van der Waals surface area (Å²) >= 11 is 0. The molecular formula is C20H20N6O2. The molecule has 0 bridgehead atoms. The van der Waals surface area contributed by atoms with E-state index >= 15 is 0 Å². The van der Waals surface area contributed by atoms with E-state index in [1.165, 1.54) is 6.20 Å². The third-order valence-electron chi connectivity index (χ3n) is 5.32. The number of hydrogen-bond acceptors (Lipinski definition) is 7. The van der Waals surface area contributed by atoms with Gasteiger partial charge in [0.25, 0.3) is 5.56 Å². The Hall–Kier alpha value is -3.31. The van der Waals surface area contributed by atoms with E-state index in [0.717, 1.165) is 5.39 Å². The molecule has 1 aliphatic rings. The Morgan fingerprint density at radius 1 is 1.25 bits per heavy atom. The Labute approximate surface area is 161 Å². The van der Waals surface area contributed by atoms with Crippen molar-refractivity contribution >= 4 is 17.0 Å². The number of fused-ring (bicyclic) bond motifs is 1. The summed E-state index contributed by atoms with van der Waals surface area (Å²) in [6.07, 6.45) is 3.86. The van der Waals surface area contributed by atoms with Gasteiger partial charge in [-0.3, -0.25) is 9.36 Å². The molecule has 0 unspecified atom stereocenters. The normalized spacial score (nSPS) is 19.5. The van der Waals surface area contributed by atoms with Crippen LogP contribution in [0.3, 0.4) is 0 Å². The highest BCUT2D eigenvalue weighted by Gasteiger charge is 2.25. The van der Waals surface area contributed by atoms with E-state index in [9.17, 15) is 9.90 Å². The van der Waals surface area contributed by atoms with E-state index in [4.69, 9.17) is 11.0 Å². The molecule has 1 fully saturated rings. The van der Waals surface area contributed by atoms with Crippen molar-refractivity contribution in [3.63, 3.8) is 0 Å². The van der Waals surface area contributed by atoms with Gasteiger partial charge in [-0.05, 0) is 50.8 Å². The predicted molar refractivity (Wildman–Crippen MR) is 104 cm³/mol. The molecule has 0 aliphatic heterocycles. The lowest BCUT2D eigenvalue weighted by Gasteiger charge is -2.28. The van der Waals surface area contributed by atoms with Gasteiger partial charge >= 0.3 is 0 Å². The molecule has 1 saturated carbocycles. The molecular weight excluding hydrogens is 356 g/mol. The minimum absolute atomic E-state index is 0.0709. The van der Waals surface area contributed by atoms with E-state index < -0.39 is 0 Å². The average Bonchev–Trinajstić information content (AvgIpc) is 2.69. The molecule has 3 N–H and O–H groups in total. The lowest BCUT2D eigenvalue weighted by atomic mass is 9.92. The summed E-state index contributed by atoms with van der Waals surface area (Å²) in [5.74, 6) is 0.127. The molecule has 0 spiro atoms. The first-order chi connectivity index (χ1) is 13.5. The third-order valence-corrected chi connectivity index (χ3v) is 5.32. The number of nitrogens with zero attached hydrogens (tertiary/aromatic N) is 5. The largest absolute Gasteiger partial charge is 0.393 e. The van der Waals surface area contributed by atoms with E-state index in [-0.39, 0.29) is 23.7 Å². The minimum atomic E-state index is -0.328. The number of nitrogen functional groups attached to an aromatic ring is 1. The summed E-state index contributed by atoms with van der Waals surface area (Å²) in [6, 6.07) is 6.99. The summed E-state index contributed by atoms with van der Waals surface area (Å²) in [6.45, 7) is 1.83. The highest BCUT2D eigenvalue weighted by Crippen LogP contribution is 2.31. The van der Waals surface area contributed by atoms with Gasteiger partial charge in [0.05, 0.1) is 11.8 Å². The second-order valence-corrected chi connectivity index (χ2v) is 7.14. The van der Waals surface area contributed by atoms with Crippen LogP contribution in [0.4, 0.5) is 5.95 Å². The lowest BCUT2D eigenvalue weighted by Crippen LogP contribution is -2.31. The lowest BCUT2D eigenvalue weighted by molar-refractivity contribution is 0.111. The molecule has 0 atom stereocenters. The van der Waals surface area contributed by atoms with Gasteiger partial charge in [-0.2, -0.15) is 10.2 Å². The highest BCUT2D eigenvalue weighted by molar-refractivity contribution is 5.84. The van der Waals surface area contributed by atoms with E-state index in [1.807, 2.05) is 13.0 Å². The van der Waals surface area contributed by atoms with Crippen LogP contribution in [0.15, 0.2) is 29.2 Å². The SMILES string of the molecule is Cc1nc(N)nc2c1cc(-c1ccc(C#N)nc1)c(=O)n2C1CCC(O)CC1. The molecule has 3 aromatic rings. The number of aryl methyl sites for hydroxylation is 1. The molecule has 3 heterocycles. The zero-order valence-electron chi connectivity index (χ0n) is 15.5. The third kappa shape index (κ3) is 3.10. The van der Waals surface area contributed by atoms with Crippen molar-refractivity contribution in [2.24, 2.45) is 0 Å². The molecule has 8 nitrogen and oxygen atoms in total. The van der Waals surface area contributed by atoms with Crippen LogP contribution in [0.5, 0.6) is 0 Å². The van der Waals surface area contributed by atoms with Crippen molar-refractivity contribution in [3.8, 4) is 17.2 Å². The van der Waals surface area contributed by atoms with Gasteiger partial charge in [0.1, 0.15) is 17.4 Å². The number of anilines is 1. The Kier molecular flexibility index (Phi) is 4.53. The Morgan fingerprint density at radius 2 is 2.00 bits per heavy atom. The number of pyridine rings is 2. The van der Waals surface area contributed by atoms with Crippen molar-refractivity contribution in [2.45, 2.75) is 44.8 Å². The van der Waals surface area contributed by atoms with Crippen LogP contribution in [0.1, 0.15) is 43.1 Å². The zero-order valence-corrected chi connectivity index (χ0v) is 15.5. The van der Waals surface area contributed by atoms with E-state index in [2.05, 4.69) is 15.0 Å². The molecule has 0 aromatic carbocycles. The second-order valence-electron chi connectivity index (χ2n) is 7.14. The molecule has 28 heavy (non-hydrogen) atoms. The number of nitriles is 1. The fourth-order valence-electron chi connectivity index (χ4n) is 3.85. The first kappa shape index (κ1) is 18.1. The smallest absolute Gasteiger partial charge is 0.260 e. The summed E-state index contributed by atoms with van der Waals surface area (Å²) in [7, 11) is 0. The number of rotatable bonds is 2. The number of hydrogen-bond donors (Lipinski definition) is 2. The molecule has 0 amide bonds. The van der Waals surface area contributed by atoms with Gasteiger partial charge < -0.3 is 10.8 Å². The minimum Gasteiger partial charge on any atom is -0.393 e.